The number of rotatable bonds is 3. The number of nitrogens with zero attached hydrogens (tertiary/aromatic N) is 1. The SMILES string of the molecule is CC(Cc1nc2c(N)occ2o1)c1ccccc1. The van der Waals surface area contributed by atoms with Gasteiger partial charge in [-0.25, -0.2) is 4.98 Å². The molecule has 0 bridgehead atoms. The summed E-state index contributed by atoms with van der Waals surface area (Å²) in [5, 5.41) is 0. The molecule has 0 saturated carbocycles. The van der Waals surface area contributed by atoms with Gasteiger partial charge in [-0.1, -0.05) is 37.3 Å². The van der Waals surface area contributed by atoms with Crippen molar-refractivity contribution in [3.05, 3.63) is 48.0 Å². The van der Waals surface area contributed by atoms with Crippen molar-refractivity contribution in [3.63, 3.8) is 0 Å². The number of benzene rings is 1. The number of nitrogen functional groups attached to an aromatic ring is 1. The van der Waals surface area contributed by atoms with Crippen LogP contribution in [0.4, 0.5) is 5.88 Å². The van der Waals surface area contributed by atoms with Gasteiger partial charge in [-0.2, -0.15) is 0 Å². The maximum absolute atomic E-state index is 5.64. The average Bonchev–Trinajstić information content (AvgIpc) is 2.93. The summed E-state index contributed by atoms with van der Waals surface area (Å²) in [6.07, 6.45) is 2.24. The minimum absolute atomic E-state index is 0.312. The number of oxazole rings is 1. The smallest absolute Gasteiger partial charge is 0.220 e. The van der Waals surface area contributed by atoms with Gasteiger partial charge in [-0.05, 0) is 11.5 Å². The molecule has 2 aromatic heterocycles. The van der Waals surface area contributed by atoms with E-state index in [0.29, 0.717) is 28.8 Å². The molecule has 0 fully saturated rings. The molecule has 4 nitrogen and oxygen atoms in total. The van der Waals surface area contributed by atoms with Gasteiger partial charge < -0.3 is 14.6 Å². The number of aromatic nitrogens is 1. The molecule has 1 atom stereocenters. The van der Waals surface area contributed by atoms with Crippen LogP contribution in [0, 0.1) is 0 Å². The molecule has 18 heavy (non-hydrogen) atoms. The van der Waals surface area contributed by atoms with E-state index in [4.69, 9.17) is 14.6 Å². The van der Waals surface area contributed by atoms with Crippen LogP contribution in [0.1, 0.15) is 24.3 Å². The predicted octanol–water partition coefficient (Wildman–Crippen LogP) is 3.35. The van der Waals surface area contributed by atoms with Crippen LogP contribution in [0.2, 0.25) is 0 Å². The van der Waals surface area contributed by atoms with E-state index in [-0.39, 0.29) is 0 Å². The summed E-state index contributed by atoms with van der Waals surface area (Å²) in [6, 6.07) is 10.3. The van der Waals surface area contributed by atoms with Crippen molar-refractivity contribution in [2.75, 3.05) is 5.73 Å². The first-order chi connectivity index (χ1) is 8.74. The Bertz CT molecular complexity index is 655. The molecule has 2 heterocycles. The third-order valence-corrected chi connectivity index (χ3v) is 3.07. The molecule has 3 rings (SSSR count). The lowest BCUT2D eigenvalue weighted by molar-refractivity contribution is 0.494. The van der Waals surface area contributed by atoms with Crippen LogP contribution in [0.5, 0.6) is 0 Å². The van der Waals surface area contributed by atoms with Crippen molar-refractivity contribution in [1.82, 2.24) is 4.98 Å². The summed E-state index contributed by atoms with van der Waals surface area (Å²) in [6.45, 7) is 2.15. The van der Waals surface area contributed by atoms with E-state index >= 15 is 0 Å². The summed E-state index contributed by atoms with van der Waals surface area (Å²) in [7, 11) is 0. The van der Waals surface area contributed by atoms with E-state index in [1.54, 1.807) is 0 Å². The first-order valence-corrected chi connectivity index (χ1v) is 5.91. The minimum Gasteiger partial charge on any atom is -0.443 e. The fourth-order valence-electron chi connectivity index (χ4n) is 2.06. The second-order valence-electron chi connectivity index (χ2n) is 4.44. The van der Waals surface area contributed by atoms with Gasteiger partial charge in [-0.15, -0.1) is 0 Å². The Kier molecular flexibility index (Phi) is 2.55. The van der Waals surface area contributed by atoms with E-state index < -0.39 is 0 Å². The van der Waals surface area contributed by atoms with E-state index in [1.807, 2.05) is 18.2 Å². The van der Waals surface area contributed by atoms with Crippen molar-refractivity contribution in [3.8, 4) is 0 Å². The Hall–Kier alpha value is -2.23. The van der Waals surface area contributed by atoms with Crippen LogP contribution in [-0.2, 0) is 6.42 Å². The van der Waals surface area contributed by atoms with E-state index in [9.17, 15) is 0 Å². The lowest BCUT2D eigenvalue weighted by Gasteiger charge is -2.08. The Labute approximate surface area is 104 Å². The monoisotopic (exact) mass is 242 g/mol. The molecule has 1 unspecified atom stereocenters. The van der Waals surface area contributed by atoms with Gasteiger partial charge in [0, 0.05) is 6.42 Å². The number of anilines is 1. The number of hydrogen-bond acceptors (Lipinski definition) is 4. The van der Waals surface area contributed by atoms with E-state index in [2.05, 4.69) is 24.0 Å². The van der Waals surface area contributed by atoms with Gasteiger partial charge in [-0.3, -0.25) is 0 Å². The molecule has 0 spiro atoms. The largest absolute Gasteiger partial charge is 0.443 e. The predicted molar refractivity (Wildman–Crippen MR) is 69.2 cm³/mol. The molecule has 0 aliphatic rings. The normalized spacial score (nSPS) is 12.9. The van der Waals surface area contributed by atoms with Crippen molar-refractivity contribution in [2.45, 2.75) is 19.3 Å². The first kappa shape index (κ1) is 10.9. The molecule has 92 valence electrons. The fourth-order valence-corrected chi connectivity index (χ4v) is 2.06. The third kappa shape index (κ3) is 1.86. The minimum atomic E-state index is 0.312. The van der Waals surface area contributed by atoms with E-state index in [1.165, 1.54) is 11.8 Å². The summed E-state index contributed by atoms with van der Waals surface area (Å²) in [5.74, 6) is 1.36. The van der Waals surface area contributed by atoms with Gasteiger partial charge >= 0.3 is 0 Å². The summed E-state index contributed by atoms with van der Waals surface area (Å²) in [5.41, 5.74) is 8.14. The zero-order valence-corrected chi connectivity index (χ0v) is 10.1. The van der Waals surface area contributed by atoms with Gasteiger partial charge in [0.1, 0.15) is 6.26 Å². The number of hydrogen-bond donors (Lipinski definition) is 1. The van der Waals surface area contributed by atoms with Crippen molar-refractivity contribution < 1.29 is 8.83 Å². The van der Waals surface area contributed by atoms with Crippen LogP contribution < -0.4 is 5.73 Å². The van der Waals surface area contributed by atoms with E-state index in [0.717, 1.165) is 6.42 Å². The Morgan fingerprint density at radius 3 is 2.78 bits per heavy atom. The zero-order chi connectivity index (χ0) is 12.5. The second kappa shape index (κ2) is 4.22. The number of nitrogens with two attached hydrogens (primary N) is 1. The summed E-state index contributed by atoms with van der Waals surface area (Å²) in [4.78, 5) is 4.35. The Morgan fingerprint density at radius 2 is 2.06 bits per heavy atom. The van der Waals surface area contributed by atoms with Crippen molar-refractivity contribution in [1.29, 1.82) is 0 Å². The quantitative estimate of drug-likeness (QED) is 0.764. The van der Waals surface area contributed by atoms with Gasteiger partial charge in [0.15, 0.2) is 17.0 Å². The lowest BCUT2D eigenvalue weighted by atomic mass is 9.98. The van der Waals surface area contributed by atoms with Crippen molar-refractivity contribution in [2.24, 2.45) is 0 Å². The maximum atomic E-state index is 5.64. The molecule has 0 aliphatic heterocycles. The van der Waals surface area contributed by atoms with Gasteiger partial charge in [0.05, 0.1) is 0 Å². The topological polar surface area (TPSA) is 65.2 Å². The van der Waals surface area contributed by atoms with Gasteiger partial charge in [0.25, 0.3) is 0 Å². The highest BCUT2D eigenvalue weighted by atomic mass is 16.4. The molecule has 4 heteroatoms. The molecule has 2 N–H and O–H groups in total. The molecular weight excluding hydrogens is 228 g/mol. The Morgan fingerprint density at radius 1 is 1.28 bits per heavy atom. The van der Waals surface area contributed by atoms with Crippen LogP contribution in [0.15, 0.2) is 45.4 Å². The Balaban J connectivity index is 1.84. The highest BCUT2D eigenvalue weighted by Gasteiger charge is 2.15. The third-order valence-electron chi connectivity index (χ3n) is 3.07. The molecule has 0 radical (unpaired) electrons. The molecule has 0 saturated heterocycles. The molecule has 0 aliphatic carbocycles. The number of fused-ring (bicyclic) bond motifs is 1. The first-order valence-electron chi connectivity index (χ1n) is 5.91. The highest BCUT2D eigenvalue weighted by Crippen LogP contribution is 2.26. The summed E-state index contributed by atoms with van der Waals surface area (Å²) < 4.78 is 10.6. The molecule has 1 aromatic carbocycles. The number of furan rings is 1. The van der Waals surface area contributed by atoms with Crippen LogP contribution >= 0.6 is 0 Å². The van der Waals surface area contributed by atoms with Crippen LogP contribution in [0.25, 0.3) is 11.1 Å². The second-order valence-corrected chi connectivity index (χ2v) is 4.44. The van der Waals surface area contributed by atoms with Crippen LogP contribution in [-0.4, -0.2) is 4.98 Å². The maximum Gasteiger partial charge on any atom is 0.220 e. The molecule has 0 amide bonds. The highest BCUT2D eigenvalue weighted by molar-refractivity contribution is 5.81. The van der Waals surface area contributed by atoms with Crippen molar-refractivity contribution >= 4 is 17.0 Å². The zero-order valence-electron chi connectivity index (χ0n) is 10.1. The fraction of sp³-hybridized carbons (Fsp3) is 0.214. The van der Waals surface area contributed by atoms with Gasteiger partial charge in [0.2, 0.25) is 5.88 Å². The molecular formula is C14H14N2O2. The lowest BCUT2D eigenvalue weighted by Crippen LogP contribution is -1.98. The molecule has 3 aromatic rings. The average molecular weight is 242 g/mol. The standard InChI is InChI=1S/C14H14N2O2/c1-9(10-5-3-2-4-6-10)7-12-16-13-11(18-12)8-17-14(13)15/h2-6,8-9H,7,15H2,1H3. The van der Waals surface area contributed by atoms with Crippen LogP contribution in [0.3, 0.4) is 0 Å². The summed E-state index contributed by atoms with van der Waals surface area (Å²) >= 11 is 0.